The molecule has 0 spiro atoms. The Labute approximate surface area is 176 Å². The maximum atomic E-state index is 12.5. The highest BCUT2D eigenvalue weighted by Crippen LogP contribution is 2.17. The topological polar surface area (TPSA) is 152 Å². The summed E-state index contributed by atoms with van der Waals surface area (Å²) in [6.45, 7) is 1.46. The van der Waals surface area contributed by atoms with Crippen molar-refractivity contribution in [2.24, 2.45) is 5.73 Å². The number of primary amides is 1. The van der Waals surface area contributed by atoms with Crippen molar-refractivity contribution in [3.05, 3.63) is 0 Å². The number of hydrogen-bond acceptors (Lipinski definition) is 7. The fourth-order valence-electron chi connectivity index (χ4n) is 3.45. The number of nitrogens with two attached hydrogens (primary N) is 1. The minimum atomic E-state index is -1.16. The molecule has 0 aromatic rings. The molecule has 0 unspecified atom stereocenters. The van der Waals surface area contributed by atoms with E-state index in [9.17, 15) is 19.2 Å². The van der Waals surface area contributed by atoms with Gasteiger partial charge in [0.2, 0.25) is 23.6 Å². The van der Waals surface area contributed by atoms with E-state index in [4.69, 9.17) is 15.2 Å². The van der Waals surface area contributed by atoms with Crippen LogP contribution in [0.15, 0.2) is 0 Å². The second-order valence-corrected chi connectivity index (χ2v) is 7.49. The molecule has 0 radical (unpaired) electrons. The van der Waals surface area contributed by atoms with Gasteiger partial charge in [-0.1, -0.05) is 12.8 Å². The Balaban J connectivity index is 1.97. The molecular formula is C19H33N5O6. The molecule has 4 amide bonds. The van der Waals surface area contributed by atoms with Crippen molar-refractivity contribution >= 4 is 23.6 Å². The number of carbonyl (C=O) groups is 4. The van der Waals surface area contributed by atoms with E-state index in [0.29, 0.717) is 19.1 Å². The molecule has 11 heteroatoms. The molecule has 1 aliphatic carbocycles. The summed E-state index contributed by atoms with van der Waals surface area (Å²) in [5, 5.41) is 8.45. The van der Waals surface area contributed by atoms with Crippen molar-refractivity contribution < 1.29 is 28.7 Å². The Hall–Kier alpha value is -2.24. The van der Waals surface area contributed by atoms with Gasteiger partial charge in [-0.05, 0) is 12.8 Å². The van der Waals surface area contributed by atoms with Gasteiger partial charge < -0.3 is 36.1 Å². The molecular weight excluding hydrogens is 394 g/mol. The van der Waals surface area contributed by atoms with Crippen LogP contribution in [-0.4, -0.2) is 93.2 Å². The largest absolute Gasteiger partial charge is 0.377 e. The van der Waals surface area contributed by atoms with Crippen LogP contribution in [0.5, 0.6) is 0 Å². The van der Waals surface area contributed by atoms with Crippen molar-refractivity contribution in [2.45, 2.75) is 44.2 Å². The maximum Gasteiger partial charge on any atom is 0.249 e. The second kappa shape index (κ2) is 13.1. The van der Waals surface area contributed by atoms with Crippen LogP contribution in [0, 0.1) is 0 Å². The molecule has 2 rings (SSSR count). The Bertz CT molecular complexity index is 596. The van der Waals surface area contributed by atoms with Gasteiger partial charge in [0.25, 0.3) is 0 Å². The van der Waals surface area contributed by atoms with Gasteiger partial charge >= 0.3 is 0 Å². The van der Waals surface area contributed by atoms with Gasteiger partial charge in [0.1, 0.15) is 12.6 Å². The van der Waals surface area contributed by atoms with E-state index in [1.165, 1.54) is 17.7 Å². The number of ether oxygens (including phenoxy) is 2. The molecule has 0 bridgehead atoms. The zero-order valence-corrected chi connectivity index (χ0v) is 17.3. The third kappa shape index (κ3) is 9.06. The molecule has 170 valence electrons. The molecule has 11 nitrogen and oxygen atoms in total. The number of hydrogen-bond donors (Lipinski definition) is 4. The van der Waals surface area contributed by atoms with Gasteiger partial charge in [0, 0.05) is 25.7 Å². The third-order valence-electron chi connectivity index (χ3n) is 5.09. The third-order valence-corrected chi connectivity index (χ3v) is 5.09. The van der Waals surface area contributed by atoms with Crippen molar-refractivity contribution in [3.63, 3.8) is 0 Å². The van der Waals surface area contributed by atoms with Crippen LogP contribution >= 0.6 is 0 Å². The number of nitrogens with zero attached hydrogens (tertiary/aromatic N) is 1. The van der Waals surface area contributed by atoms with E-state index in [1.807, 2.05) is 0 Å². The second-order valence-electron chi connectivity index (χ2n) is 7.49. The molecule has 1 heterocycles. The SMILES string of the molecule is NC(=O)[C@@H]1CC(=O)NCCOCCOCC(=O)N(CCNC2CCCC2)CC(=O)N1. The summed E-state index contributed by atoms with van der Waals surface area (Å²) in [5.74, 6) is -2.14. The summed E-state index contributed by atoms with van der Waals surface area (Å²) < 4.78 is 10.7. The van der Waals surface area contributed by atoms with E-state index < -0.39 is 23.8 Å². The van der Waals surface area contributed by atoms with Crippen LogP contribution in [0.3, 0.4) is 0 Å². The van der Waals surface area contributed by atoms with Gasteiger partial charge in [-0.3, -0.25) is 19.2 Å². The lowest BCUT2D eigenvalue weighted by Gasteiger charge is -2.25. The fourth-order valence-corrected chi connectivity index (χ4v) is 3.45. The molecule has 2 fully saturated rings. The number of amides is 4. The normalized spacial score (nSPS) is 23.8. The van der Waals surface area contributed by atoms with E-state index in [0.717, 1.165) is 12.8 Å². The monoisotopic (exact) mass is 427 g/mol. The molecule has 1 saturated heterocycles. The first-order valence-electron chi connectivity index (χ1n) is 10.5. The van der Waals surface area contributed by atoms with Gasteiger partial charge in [-0.25, -0.2) is 0 Å². The van der Waals surface area contributed by atoms with Crippen molar-refractivity contribution in [2.75, 3.05) is 52.6 Å². The van der Waals surface area contributed by atoms with Crippen LogP contribution < -0.4 is 21.7 Å². The molecule has 0 aromatic carbocycles. The zero-order valence-electron chi connectivity index (χ0n) is 17.3. The van der Waals surface area contributed by atoms with Crippen LogP contribution in [0.4, 0.5) is 0 Å². The molecule has 5 N–H and O–H groups in total. The first-order chi connectivity index (χ1) is 14.5. The van der Waals surface area contributed by atoms with Gasteiger partial charge in [0.05, 0.1) is 32.8 Å². The highest BCUT2D eigenvalue weighted by Gasteiger charge is 2.24. The number of nitrogens with one attached hydrogen (secondary N) is 3. The van der Waals surface area contributed by atoms with Crippen LogP contribution in [0.2, 0.25) is 0 Å². The van der Waals surface area contributed by atoms with Crippen molar-refractivity contribution in [3.8, 4) is 0 Å². The Morgan fingerprint density at radius 1 is 1.10 bits per heavy atom. The lowest BCUT2D eigenvalue weighted by atomic mass is 10.2. The van der Waals surface area contributed by atoms with Crippen molar-refractivity contribution in [1.82, 2.24) is 20.9 Å². The average Bonchev–Trinajstić information content (AvgIpc) is 3.21. The summed E-state index contributed by atoms with van der Waals surface area (Å²) in [5.41, 5.74) is 5.32. The van der Waals surface area contributed by atoms with E-state index in [1.54, 1.807) is 0 Å². The molecule has 1 saturated carbocycles. The van der Waals surface area contributed by atoms with Crippen LogP contribution in [0.1, 0.15) is 32.1 Å². The predicted octanol–water partition coefficient (Wildman–Crippen LogP) is -2.13. The first kappa shape index (κ1) is 24.0. The molecule has 0 aromatic heterocycles. The number of rotatable bonds is 5. The lowest BCUT2D eigenvalue weighted by molar-refractivity contribution is -0.141. The summed E-state index contributed by atoms with van der Waals surface area (Å²) in [6.07, 6.45) is 4.34. The van der Waals surface area contributed by atoms with Crippen molar-refractivity contribution in [1.29, 1.82) is 0 Å². The highest BCUT2D eigenvalue weighted by molar-refractivity contribution is 5.92. The van der Waals surface area contributed by atoms with Gasteiger partial charge in [-0.15, -0.1) is 0 Å². The predicted molar refractivity (Wildman–Crippen MR) is 107 cm³/mol. The standard InChI is InChI=1S/C19H33N5O6/c20-19(28)15-11-16(25)22-6-8-29-9-10-30-13-18(27)24(12-17(26)23-15)7-5-21-14-3-1-2-4-14/h14-15,21H,1-13H2,(H2,20,28)(H,22,25)(H,23,26)/t15-/m0/s1. The molecule has 1 aliphatic heterocycles. The van der Waals surface area contributed by atoms with E-state index in [2.05, 4.69) is 16.0 Å². The Morgan fingerprint density at radius 2 is 1.83 bits per heavy atom. The summed E-state index contributed by atoms with van der Waals surface area (Å²) in [6, 6.07) is -0.719. The van der Waals surface area contributed by atoms with E-state index in [-0.39, 0.29) is 51.8 Å². The highest BCUT2D eigenvalue weighted by atomic mass is 16.5. The zero-order chi connectivity index (χ0) is 21.8. The molecule has 30 heavy (non-hydrogen) atoms. The maximum absolute atomic E-state index is 12.5. The first-order valence-corrected chi connectivity index (χ1v) is 10.5. The quantitative estimate of drug-likeness (QED) is 0.391. The summed E-state index contributed by atoms with van der Waals surface area (Å²) in [4.78, 5) is 50.0. The summed E-state index contributed by atoms with van der Waals surface area (Å²) >= 11 is 0. The average molecular weight is 428 g/mol. The molecule has 1 atom stereocenters. The number of carbonyl (C=O) groups excluding carboxylic acids is 4. The van der Waals surface area contributed by atoms with Crippen LogP contribution in [0.25, 0.3) is 0 Å². The Kier molecular flexibility index (Phi) is 10.5. The smallest absolute Gasteiger partial charge is 0.249 e. The van der Waals surface area contributed by atoms with Gasteiger partial charge in [-0.2, -0.15) is 0 Å². The molecule has 2 aliphatic rings. The minimum Gasteiger partial charge on any atom is -0.377 e. The van der Waals surface area contributed by atoms with E-state index >= 15 is 0 Å². The summed E-state index contributed by atoms with van der Waals surface area (Å²) in [7, 11) is 0. The fraction of sp³-hybridized carbons (Fsp3) is 0.789. The Morgan fingerprint density at radius 3 is 2.57 bits per heavy atom. The minimum absolute atomic E-state index is 0.171. The van der Waals surface area contributed by atoms with Crippen LogP contribution in [-0.2, 0) is 28.7 Å². The van der Waals surface area contributed by atoms with Gasteiger partial charge in [0.15, 0.2) is 0 Å². The lowest BCUT2D eigenvalue weighted by Crippen LogP contribution is -2.52.